The molecule has 4 saturated carbocycles. The van der Waals surface area contributed by atoms with E-state index in [1.165, 1.54) is 0 Å². The number of hydrogen-bond donors (Lipinski definition) is 1. The van der Waals surface area contributed by atoms with Gasteiger partial charge in [0, 0.05) is 23.5 Å². The summed E-state index contributed by atoms with van der Waals surface area (Å²) in [5.41, 5.74) is 0.268. The van der Waals surface area contributed by atoms with E-state index in [1.807, 2.05) is 18.0 Å². The summed E-state index contributed by atoms with van der Waals surface area (Å²) >= 11 is 6.06. The summed E-state index contributed by atoms with van der Waals surface area (Å²) in [5, 5.41) is 12.0. The number of halogens is 4. The second kappa shape index (κ2) is 7.24. The first-order valence-corrected chi connectivity index (χ1v) is 11.5. The molecule has 8 nitrogen and oxygen atoms in total. The molecule has 2 aromatic rings. The van der Waals surface area contributed by atoms with Gasteiger partial charge in [0.05, 0.1) is 23.8 Å². The van der Waals surface area contributed by atoms with Crippen LogP contribution in [0.1, 0.15) is 49.8 Å². The molecule has 182 valence electrons. The minimum absolute atomic E-state index is 0.169. The lowest BCUT2D eigenvalue weighted by molar-refractivity contribution is -0.352. The Hall–Kier alpha value is -2.53. The van der Waals surface area contributed by atoms with Gasteiger partial charge in [0.25, 0.3) is 5.91 Å². The molecule has 1 aromatic heterocycles. The molecule has 0 radical (unpaired) electrons. The third-order valence-electron chi connectivity index (χ3n) is 7.39. The van der Waals surface area contributed by atoms with Crippen LogP contribution in [0.2, 0.25) is 5.02 Å². The van der Waals surface area contributed by atoms with E-state index in [0.29, 0.717) is 48.4 Å². The van der Waals surface area contributed by atoms with Crippen molar-refractivity contribution in [3.05, 3.63) is 35.0 Å². The van der Waals surface area contributed by atoms with Crippen molar-refractivity contribution in [3.63, 3.8) is 0 Å². The predicted octanol–water partition coefficient (Wildman–Crippen LogP) is 3.69. The topological polar surface area (TPSA) is 89.7 Å². The molecule has 7 rings (SSSR count). The van der Waals surface area contributed by atoms with E-state index in [2.05, 4.69) is 20.3 Å². The summed E-state index contributed by atoms with van der Waals surface area (Å²) in [6, 6.07) is 5.29. The highest BCUT2D eigenvalue weighted by atomic mass is 35.5. The van der Waals surface area contributed by atoms with E-state index < -0.39 is 18.6 Å². The van der Waals surface area contributed by atoms with E-state index in [1.54, 1.807) is 12.1 Å². The maximum atomic E-state index is 12.9. The number of benzene rings is 1. The number of nitrogens with one attached hydrogen (secondary N) is 1. The minimum atomic E-state index is -4.63. The van der Waals surface area contributed by atoms with Crippen molar-refractivity contribution in [1.82, 2.24) is 15.5 Å². The number of fused-ring (bicyclic) bond motifs is 1. The fourth-order valence-electron chi connectivity index (χ4n) is 5.72. The molecule has 2 heterocycles. The Kier molecular flexibility index (Phi) is 4.68. The lowest BCUT2D eigenvalue weighted by Crippen LogP contribution is -2.77. The molecular weight excluding hydrogens is 477 g/mol. The van der Waals surface area contributed by atoms with Gasteiger partial charge >= 0.3 is 6.36 Å². The van der Waals surface area contributed by atoms with Gasteiger partial charge < -0.3 is 19.4 Å². The van der Waals surface area contributed by atoms with Crippen molar-refractivity contribution >= 4 is 23.2 Å². The van der Waals surface area contributed by atoms with Gasteiger partial charge in [-0.2, -0.15) is 0 Å². The highest BCUT2D eigenvalue weighted by molar-refractivity contribution is 6.31. The number of rotatable bonds is 5. The van der Waals surface area contributed by atoms with Gasteiger partial charge in [0.2, 0.25) is 11.8 Å². The van der Waals surface area contributed by atoms with Crippen molar-refractivity contribution in [2.75, 3.05) is 18.5 Å². The molecule has 1 unspecified atom stereocenters. The van der Waals surface area contributed by atoms with Crippen LogP contribution in [0, 0.1) is 0 Å². The van der Waals surface area contributed by atoms with Crippen LogP contribution < -0.4 is 15.0 Å². The third kappa shape index (κ3) is 3.60. The van der Waals surface area contributed by atoms with Crippen LogP contribution in [0.4, 0.5) is 18.9 Å². The van der Waals surface area contributed by atoms with Crippen molar-refractivity contribution < 1.29 is 31.9 Å². The number of alkyl halides is 3. The average Bonchev–Trinajstić information content (AvgIpc) is 3.14. The number of aromatic nitrogens is 2. The second-order valence-corrected chi connectivity index (χ2v) is 10.4. The van der Waals surface area contributed by atoms with Crippen molar-refractivity contribution in [2.24, 2.45) is 0 Å². The summed E-state index contributed by atoms with van der Waals surface area (Å²) in [5.74, 6) is 1.09. The van der Waals surface area contributed by atoms with Gasteiger partial charge in [0.1, 0.15) is 5.75 Å². The Morgan fingerprint density at radius 3 is 2.71 bits per heavy atom. The van der Waals surface area contributed by atoms with Crippen LogP contribution in [-0.4, -0.2) is 53.8 Å². The Balaban J connectivity index is 1.03. The third-order valence-corrected chi connectivity index (χ3v) is 7.63. The van der Waals surface area contributed by atoms with Gasteiger partial charge in [-0.3, -0.25) is 9.53 Å². The first-order chi connectivity index (χ1) is 16.0. The maximum Gasteiger partial charge on any atom is 0.522 e. The number of carbonyl (C=O) groups excluding carboxylic acids is 1. The molecule has 2 bridgehead atoms. The standard InChI is InChI=1S/C22H22ClF3N4O4/c1-30-7-16(32-15-3-2-12(23)6-14(15)30)17(31)27-21-8-20(9-21,10-21)19-29-28-18(33-19)11-4-13(5-11)34-22(24,25)26/h2-3,6,11,13,16H,4-5,7-10H2,1H3,(H,27,31)/t11-,13+,16?,20?,21?. The second-order valence-electron chi connectivity index (χ2n) is 9.98. The molecular formula is C22H22ClF3N4O4. The number of anilines is 1. The highest BCUT2D eigenvalue weighted by Gasteiger charge is 2.72. The quantitative estimate of drug-likeness (QED) is 0.672. The molecule has 4 aliphatic carbocycles. The largest absolute Gasteiger partial charge is 0.522 e. The van der Waals surface area contributed by atoms with Gasteiger partial charge in [-0.25, -0.2) is 0 Å². The first kappa shape index (κ1) is 22.0. The maximum absolute atomic E-state index is 12.9. The molecule has 0 spiro atoms. The van der Waals surface area contributed by atoms with E-state index >= 15 is 0 Å². The molecule has 4 fully saturated rings. The lowest BCUT2D eigenvalue weighted by atomic mass is 9.39. The number of hydrogen-bond acceptors (Lipinski definition) is 7. The Labute approximate surface area is 197 Å². The summed E-state index contributed by atoms with van der Waals surface area (Å²) in [6.45, 7) is 0.411. The Morgan fingerprint density at radius 2 is 2.00 bits per heavy atom. The molecule has 1 aromatic carbocycles. The van der Waals surface area contributed by atoms with Crippen molar-refractivity contribution in [1.29, 1.82) is 0 Å². The number of ether oxygens (including phenoxy) is 2. The molecule has 1 amide bonds. The number of amides is 1. The Bertz CT molecular complexity index is 1130. The zero-order chi connectivity index (χ0) is 23.9. The zero-order valence-corrected chi connectivity index (χ0v) is 18.9. The van der Waals surface area contributed by atoms with Crippen LogP contribution >= 0.6 is 11.6 Å². The smallest absolute Gasteiger partial charge is 0.477 e. The number of likely N-dealkylation sites (N-methyl/N-ethyl adjacent to an activating group) is 1. The number of nitrogens with zero attached hydrogens (tertiary/aromatic N) is 3. The highest BCUT2D eigenvalue weighted by Crippen LogP contribution is 2.67. The minimum Gasteiger partial charge on any atom is -0.477 e. The molecule has 1 aliphatic heterocycles. The molecule has 5 aliphatic rings. The predicted molar refractivity (Wildman–Crippen MR) is 113 cm³/mol. The number of carbonyl (C=O) groups is 1. The molecule has 34 heavy (non-hydrogen) atoms. The van der Waals surface area contributed by atoms with E-state index in [9.17, 15) is 18.0 Å². The van der Waals surface area contributed by atoms with E-state index in [0.717, 1.165) is 5.69 Å². The Morgan fingerprint density at radius 1 is 1.26 bits per heavy atom. The van der Waals surface area contributed by atoms with Crippen molar-refractivity contribution in [2.45, 2.75) is 67.5 Å². The van der Waals surface area contributed by atoms with Crippen LogP contribution in [0.15, 0.2) is 22.6 Å². The van der Waals surface area contributed by atoms with E-state index in [4.69, 9.17) is 20.8 Å². The molecule has 12 heteroatoms. The summed E-state index contributed by atoms with van der Waals surface area (Å²) in [6.07, 6.45) is -3.65. The summed E-state index contributed by atoms with van der Waals surface area (Å²) in [7, 11) is 1.89. The van der Waals surface area contributed by atoms with Gasteiger partial charge in [-0.05, 0) is 50.3 Å². The summed E-state index contributed by atoms with van der Waals surface area (Å²) < 4.78 is 52.7. The average molecular weight is 499 g/mol. The lowest BCUT2D eigenvalue weighted by Gasteiger charge is -2.68. The zero-order valence-electron chi connectivity index (χ0n) is 18.2. The normalized spacial score (nSPS) is 33.7. The van der Waals surface area contributed by atoms with Gasteiger partial charge in [-0.1, -0.05) is 11.6 Å². The van der Waals surface area contributed by atoms with Crippen LogP contribution in [0.3, 0.4) is 0 Å². The molecule has 1 N–H and O–H groups in total. The monoisotopic (exact) mass is 498 g/mol. The van der Waals surface area contributed by atoms with Crippen molar-refractivity contribution in [3.8, 4) is 5.75 Å². The SMILES string of the molecule is CN1CC(C(=O)NC23CC(c4nnc([C@H]5C[C@@H](OC(F)(F)F)C5)o4)(C2)C3)Oc2ccc(Cl)cc21. The fourth-order valence-corrected chi connectivity index (χ4v) is 5.88. The van der Waals surface area contributed by atoms with Crippen LogP contribution in [-0.2, 0) is 14.9 Å². The van der Waals surface area contributed by atoms with Gasteiger partial charge in [0.15, 0.2) is 6.10 Å². The summed E-state index contributed by atoms with van der Waals surface area (Å²) in [4.78, 5) is 14.9. The van der Waals surface area contributed by atoms with Crippen LogP contribution in [0.25, 0.3) is 0 Å². The first-order valence-electron chi connectivity index (χ1n) is 11.1. The van der Waals surface area contributed by atoms with Gasteiger partial charge in [-0.15, -0.1) is 23.4 Å². The van der Waals surface area contributed by atoms with E-state index in [-0.39, 0.29) is 35.6 Å². The molecule has 1 atom stereocenters. The van der Waals surface area contributed by atoms with Crippen LogP contribution in [0.5, 0.6) is 5.75 Å². The molecule has 0 saturated heterocycles. The fraction of sp³-hybridized carbons (Fsp3) is 0.591.